The standard InChI is InChI=1S/C28H33N3O/c1-22-6-4-10-26(20-22)29-16-18-30(19-17-29)28(32)14-15-31(25-12-13-25)21-24-9-5-8-23-7-2-3-11-27(23)24/h2-11,20,25H,12-19,21H2,1H3. The molecule has 0 unspecified atom stereocenters. The average Bonchev–Trinajstić information content (AvgIpc) is 3.67. The van der Waals surface area contributed by atoms with Crippen LogP contribution in [-0.2, 0) is 11.3 Å². The first-order valence-corrected chi connectivity index (χ1v) is 12.0. The number of hydrogen-bond donors (Lipinski definition) is 0. The summed E-state index contributed by atoms with van der Waals surface area (Å²) in [5.41, 5.74) is 3.92. The van der Waals surface area contributed by atoms with Crippen molar-refractivity contribution in [2.24, 2.45) is 0 Å². The Balaban J connectivity index is 1.17. The van der Waals surface area contributed by atoms with Crippen molar-refractivity contribution < 1.29 is 4.79 Å². The molecular weight excluding hydrogens is 394 g/mol. The van der Waals surface area contributed by atoms with Crippen molar-refractivity contribution >= 4 is 22.4 Å². The van der Waals surface area contributed by atoms with Gasteiger partial charge >= 0.3 is 0 Å². The average molecular weight is 428 g/mol. The van der Waals surface area contributed by atoms with E-state index in [2.05, 4.69) is 88.4 Å². The number of nitrogens with zero attached hydrogens (tertiary/aromatic N) is 3. The fourth-order valence-corrected chi connectivity index (χ4v) is 4.92. The van der Waals surface area contributed by atoms with Gasteiger partial charge in [0.1, 0.15) is 0 Å². The fourth-order valence-electron chi connectivity index (χ4n) is 4.92. The molecule has 2 aliphatic rings. The molecule has 0 atom stereocenters. The molecule has 0 N–H and O–H groups in total. The van der Waals surface area contributed by atoms with Crippen LogP contribution < -0.4 is 4.90 Å². The Kier molecular flexibility index (Phi) is 6.13. The molecule has 1 saturated carbocycles. The Morgan fingerprint density at radius 1 is 0.938 bits per heavy atom. The summed E-state index contributed by atoms with van der Waals surface area (Å²) in [6, 6.07) is 24.5. The highest BCUT2D eigenvalue weighted by atomic mass is 16.2. The van der Waals surface area contributed by atoms with Gasteiger partial charge in [0.05, 0.1) is 0 Å². The SMILES string of the molecule is Cc1cccc(N2CCN(C(=O)CCN(Cc3cccc4ccccc34)C3CC3)CC2)c1. The van der Waals surface area contributed by atoms with E-state index < -0.39 is 0 Å². The molecule has 0 radical (unpaired) electrons. The molecule has 1 amide bonds. The minimum absolute atomic E-state index is 0.303. The normalized spacial score (nSPS) is 16.7. The van der Waals surface area contributed by atoms with Crippen LogP contribution in [0, 0.1) is 6.92 Å². The summed E-state index contributed by atoms with van der Waals surface area (Å²) in [6.45, 7) is 7.38. The number of piperazine rings is 1. The quantitative estimate of drug-likeness (QED) is 0.539. The molecule has 0 bridgehead atoms. The van der Waals surface area contributed by atoms with Crippen LogP contribution in [0.15, 0.2) is 66.7 Å². The summed E-state index contributed by atoms with van der Waals surface area (Å²) in [6.07, 6.45) is 3.13. The van der Waals surface area contributed by atoms with Gasteiger partial charge < -0.3 is 9.80 Å². The Hall–Kier alpha value is -2.85. The second-order valence-electron chi connectivity index (χ2n) is 9.30. The van der Waals surface area contributed by atoms with Gasteiger partial charge in [-0.1, -0.05) is 54.6 Å². The Morgan fingerprint density at radius 2 is 1.69 bits per heavy atom. The number of benzene rings is 3. The van der Waals surface area contributed by atoms with Gasteiger partial charge in [-0.2, -0.15) is 0 Å². The van der Waals surface area contributed by atoms with E-state index in [9.17, 15) is 4.79 Å². The smallest absolute Gasteiger partial charge is 0.223 e. The van der Waals surface area contributed by atoms with Crippen molar-refractivity contribution in [3.05, 3.63) is 77.9 Å². The second-order valence-corrected chi connectivity index (χ2v) is 9.30. The summed E-state index contributed by atoms with van der Waals surface area (Å²) in [4.78, 5) is 20.0. The Morgan fingerprint density at radius 3 is 2.47 bits per heavy atom. The van der Waals surface area contributed by atoms with E-state index in [1.807, 2.05) is 0 Å². The van der Waals surface area contributed by atoms with Gasteiger partial charge in [-0.25, -0.2) is 0 Å². The summed E-state index contributed by atoms with van der Waals surface area (Å²) in [7, 11) is 0. The second kappa shape index (κ2) is 9.33. The zero-order chi connectivity index (χ0) is 21.9. The zero-order valence-electron chi connectivity index (χ0n) is 19.0. The molecule has 4 nitrogen and oxygen atoms in total. The number of aryl methyl sites for hydroxylation is 1. The third-order valence-electron chi connectivity index (χ3n) is 6.93. The molecule has 3 aromatic carbocycles. The molecule has 3 aromatic rings. The number of rotatable bonds is 7. The number of anilines is 1. The van der Waals surface area contributed by atoms with Crippen molar-refractivity contribution in [1.29, 1.82) is 0 Å². The lowest BCUT2D eigenvalue weighted by atomic mass is 10.0. The monoisotopic (exact) mass is 427 g/mol. The van der Waals surface area contributed by atoms with Crippen LogP contribution in [0.2, 0.25) is 0 Å². The summed E-state index contributed by atoms with van der Waals surface area (Å²) >= 11 is 0. The highest BCUT2D eigenvalue weighted by Crippen LogP contribution is 2.30. The van der Waals surface area contributed by atoms with Crippen LogP contribution in [0.3, 0.4) is 0 Å². The predicted octanol–water partition coefficient (Wildman–Crippen LogP) is 4.85. The maximum absolute atomic E-state index is 13.0. The largest absolute Gasteiger partial charge is 0.368 e. The fraction of sp³-hybridized carbons (Fsp3) is 0.393. The number of hydrogen-bond acceptors (Lipinski definition) is 3. The topological polar surface area (TPSA) is 26.8 Å². The Bertz CT molecular complexity index is 1080. The summed E-state index contributed by atoms with van der Waals surface area (Å²) in [5.74, 6) is 0.303. The van der Waals surface area contributed by atoms with E-state index in [0.717, 1.165) is 39.3 Å². The minimum atomic E-state index is 0.303. The van der Waals surface area contributed by atoms with Gasteiger partial charge in [-0.3, -0.25) is 9.69 Å². The maximum Gasteiger partial charge on any atom is 0.223 e. The van der Waals surface area contributed by atoms with E-state index in [1.165, 1.54) is 40.4 Å². The molecular formula is C28H33N3O. The first kappa shape index (κ1) is 21.0. The van der Waals surface area contributed by atoms with Crippen molar-refractivity contribution in [1.82, 2.24) is 9.80 Å². The third kappa shape index (κ3) is 4.81. The van der Waals surface area contributed by atoms with E-state index in [4.69, 9.17) is 0 Å². The first-order chi connectivity index (χ1) is 15.7. The number of fused-ring (bicyclic) bond motifs is 1. The first-order valence-electron chi connectivity index (χ1n) is 12.0. The zero-order valence-corrected chi connectivity index (χ0v) is 19.0. The van der Waals surface area contributed by atoms with Crippen LogP contribution in [0.5, 0.6) is 0 Å². The van der Waals surface area contributed by atoms with Crippen LogP contribution in [-0.4, -0.2) is 54.5 Å². The molecule has 166 valence electrons. The van der Waals surface area contributed by atoms with Crippen LogP contribution >= 0.6 is 0 Å². The molecule has 0 spiro atoms. The molecule has 2 fully saturated rings. The van der Waals surface area contributed by atoms with Crippen molar-refractivity contribution in [3.8, 4) is 0 Å². The van der Waals surface area contributed by atoms with Crippen molar-refractivity contribution in [2.45, 2.75) is 38.8 Å². The van der Waals surface area contributed by atoms with Gasteiger partial charge in [-0.15, -0.1) is 0 Å². The van der Waals surface area contributed by atoms with Crippen LogP contribution in [0.25, 0.3) is 10.8 Å². The number of carbonyl (C=O) groups excluding carboxylic acids is 1. The lowest BCUT2D eigenvalue weighted by Crippen LogP contribution is -2.49. The summed E-state index contributed by atoms with van der Waals surface area (Å²) in [5, 5.41) is 2.63. The highest BCUT2D eigenvalue weighted by Gasteiger charge is 2.30. The van der Waals surface area contributed by atoms with Crippen molar-refractivity contribution in [3.63, 3.8) is 0 Å². The van der Waals surface area contributed by atoms with Crippen molar-refractivity contribution in [2.75, 3.05) is 37.6 Å². The predicted molar refractivity (Wildman–Crippen MR) is 132 cm³/mol. The maximum atomic E-state index is 13.0. The lowest BCUT2D eigenvalue weighted by Gasteiger charge is -2.36. The minimum Gasteiger partial charge on any atom is -0.368 e. The molecule has 1 aliphatic carbocycles. The van der Waals surface area contributed by atoms with Crippen LogP contribution in [0.1, 0.15) is 30.4 Å². The lowest BCUT2D eigenvalue weighted by molar-refractivity contribution is -0.131. The third-order valence-corrected chi connectivity index (χ3v) is 6.93. The molecule has 1 saturated heterocycles. The van der Waals surface area contributed by atoms with E-state index in [0.29, 0.717) is 18.4 Å². The van der Waals surface area contributed by atoms with Gasteiger partial charge in [0.25, 0.3) is 0 Å². The van der Waals surface area contributed by atoms with E-state index in [-0.39, 0.29) is 0 Å². The highest BCUT2D eigenvalue weighted by molar-refractivity contribution is 5.85. The van der Waals surface area contributed by atoms with Gasteiger partial charge in [0.2, 0.25) is 5.91 Å². The van der Waals surface area contributed by atoms with Gasteiger partial charge in [0.15, 0.2) is 0 Å². The molecule has 4 heteroatoms. The molecule has 1 heterocycles. The van der Waals surface area contributed by atoms with Gasteiger partial charge in [-0.05, 0) is 53.8 Å². The summed E-state index contributed by atoms with van der Waals surface area (Å²) < 4.78 is 0. The molecule has 1 aliphatic heterocycles. The molecule has 32 heavy (non-hydrogen) atoms. The van der Waals surface area contributed by atoms with Crippen LogP contribution in [0.4, 0.5) is 5.69 Å². The van der Waals surface area contributed by atoms with E-state index >= 15 is 0 Å². The van der Waals surface area contributed by atoms with Gasteiger partial charge in [0, 0.05) is 57.4 Å². The molecule has 5 rings (SSSR count). The van der Waals surface area contributed by atoms with E-state index in [1.54, 1.807) is 0 Å². The number of carbonyl (C=O) groups is 1. The molecule has 0 aromatic heterocycles. The number of amides is 1. The Labute approximate surface area is 191 Å².